The quantitative estimate of drug-likeness (QED) is 0.867. The zero-order valence-electron chi connectivity index (χ0n) is 13.1. The zero-order valence-corrected chi connectivity index (χ0v) is 13.1. The van der Waals surface area contributed by atoms with Gasteiger partial charge in [-0.3, -0.25) is 14.2 Å². The van der Waals surface area contributed by atoms with Crippen LogP contribution in [0.2, 0.25) is 0 Å². The van der Waals surface area contributed by atoms with Gasteiger partial charge in [0.1, 0.15) is 6.04 Å². The van der Waals surface area contributed by atoms with E-state index in [2.05, 4.69) is 0 Å². The molecule has 0 aliphatic heterocycles. The molecule has 21 heavy (non-hydrogen) atoms. The van der Waals surface area contributed by atoms with E-state index in [1.54, 1.807) is 22.5 Å². The van der Waals surface area contributed by atoms with Gasteiger partial charge in [-0.2, -0.15) is 0 Å². The number of pyridine rings is 1. The Morgan fingerprint density at radius 3 is 2.48 bits per heavy atom. The molecule has 1 amide bonds. The summed E-state index contributed by atoms with van der Waals surface area (Å²) in [5, 5.41) is 1.01. The van der Waals surface area contributed by atoms with E-state index in [1.165, 1.54) is 0 Å². The lowest BCUT2D eigenvalue weighted by atomic mass is 10.1. The van der Waals surface area contributed by atoms with Crippen molar-refractivity contribution in [3.63, 3.8) is 0 Å². The number of hydrogen-bond acceptors (Lipinski definition) is 2. The Balaban J connectivity index is 2.61. The van der Waals surface area contributed by atoms with E-state index in [9.17, 15) is 9.59 Å². The third-order valence-electron chi connectivity index (χ3n) is 3.99. The average molecular weight is 286 g/mol. The van der Waals surface area contributed by atoms with Crippen LogP contribution < -0.4 is 5.56 Å². The van der Waals surface area contributed by atoms with Gasteiger partial charge in [-0.05, 0) is 39.3 Å². The summed E-state index contributed by atoms with van der Waals surface area (Å²) in [7, 11) is 0. The SMILES string of the molecule is CCN(CC)C(=O)C(C)n1c(=O)cc(C)c2ccccc21. The van der Waals surface area contributed by atoms with E-state index in [1.807, 2.05) is 45.0 Å². The van der Waals surface area contributed by atoms with Gasteiger partial charge in [-0.25, -0.2) is 0 Å². The molecule has 0 aliphatic carbocycles. The number of fused-ring (bicyclic) bond motifs is 1. The second-order valence-corrected chi connectivity index (χ2v) is 5.24. The highest BCUT2D eigenvalue weighted by Crippen LogP contribution is 2.20. The van der Waals surface area contributed by atoms with Gasteiger partial charge in [-0.15, -0.1) is 0 Å². The molecule has 4 heteroatoms. The number of para-hydroxylation sites is 1. The molecule has 0 bridgehead atoms. The summed E-state index contributed by atoms with van der Waals surface area (Å²) in [5.41, 5.74) is 1.63. The Morgan fingerprint density at radius 1 is 1.24 bits per heavy atom. The third kappa shape index (κ3) is 2.71. The molecule has 1 heterocycles. The molecular weight excluding hydrogens is 264 g/mol. The first-order valence-electron chi connectivity index (χ1n) is 7.40. The van der Waals surface area contributed by atoms with Crippen LogP contribution in [0.25, 0.3) is 10.9 Å². The molecular formula is C17H22N2O2. The second-order valence-electron chi connectivity index (χ2n) is 5.24. The van der Waals surface area contributed by atoms with Gasteiger partial charge in [0, 0.05) is 24.5 Å². The van der Waals surface area contributed by atoms with Crippen molar-refractivity contribution >= 4 is 16.8 Å². The van der Waals surface area contributed by atoms with Crippen LogP contribution in [0.1, 0.15) is 32.4 Å². The van der Waals surface area contributed by atoms with Crippen LogP contribution in [-0.4, -0.2) is 28.5 Å². The van der Waals surface area contributed by atoms with Gasteiger partial charge in [0.05, 0.1) is 5.52 Å². The summed E-state index contributed by atoms with van der Waals surface area (Å²) in [4.78, 5) is 26.7. The molecule has 0 N–H and O–H groups in total. The maximum absolute atomic E-state index is 12.6. The Kier molecular flexibility index (Phi) is 4.46. The molecule has 1 atom stereocenters. The number of likely N-dealkylation sites (N-methyl/N-ethyl adjacent to an activating group) is 1. The van der Waals surface area contributed by atoms with Gasteiger partial charge >= 0.3 is 0 Å². The van der Waals surface area contributed by atoms with E-state index in [-0.39, 0.29) is 11.5 Å². The maximum Gasteiger partial charge on any atom is 0.252 e. The lowest BCUT2D eigenvalue weighted by Gasteiger charge is -2.25. The molecule has 0 aliphatic rings. The van der Waals surface area contributed by atoms with Crippen LogP contribution in [0.4, 0.5) is 0 Å². The molecule has 2 aromatic rings. The fraction of sp³-hybridized carbons (Fsp3) is 0.412. The minimum Gasteiger partial charge on any atom is -0.341 e. The largest absolute Gasteiger partial charge is 0.341 e. The Hall–Kier alpha value is -2.10. The van der Waals surface area contributed by atoms with Gasteiger partial charge in [0.25, 0.3) is 5.56 Å². The van der Waals surface area contributed by atoms with Crippen LogP contribution in [-0.2, 0) is 4.79 Å². The van der Waals surface area contributed by atoms with Crippen LogP contribution >= 0.6 is 0 Å². The van der Waals surface area contributed by atoms with Crippen LogP contribution in [0, 0.1) is 6.92 Å². The van der Waals surface area contributed by atoms with E-state index >= 15 is 0 Å². The first-order valence-corrected chi connectivity index (χ1v) is 7.40. The van der Waals surface area contributed by atoms with Crippen molar-refractivity contribution in [2.24, 2.45) is 0 Å². The van der Waals surface area contributed by atoms with Crippen molar-refractivity contribution in [3.05, 3.63) is 46.2 Å². The lowest BCUT2D eigenvalue weighted by molar-refractivity contribution is -0.133. The number of carbonyl (C=O) groups is 1. The van der Waals surface area contributed by atoms with E-state index in [0.29, 0.717) is 13.1 Å². The Labute approximate surface area is 125 Å². The number of carbonyl (C=O) groups excluding carboxylic acids is 1. The van der Waals surface area contributed by atoms with Gasteiger partial charge < -0.3 is 4.90 Å². The summed E-state index contributed by atoms with van der Waals surface area (Å²) >= 11 is 0. The molecule has 0 saturated heterocycles. The number of rotatable bonds is 4. The normalized spacial score (nSPS) is 12.4. The van der Waals surface area contributed by atoms with Crippen molar-refractivity contribution < 1.29 is 4.79 Å². The molecule has 0 spiro atoms. The van der Waals surface area contributed by atoms with Crippen molar-refractivity contribution in [2.45, 2.75) is 33.7 Å². The third-order valence-corrected chi connectivity index (χ3v) is 3.99. The zero-order chi connectivity index (χ0) is 15.6. The fourth-order valence-corrected chi connectivity index (χ4v) is 2.78. The average Bonchev–Trinajstić information content (AvgIpc) is 2.48. The van der Waals surface area contributed by atoms with Crippen LogP contribution in [0.5, 0.6) is 0 Å². The summed E-state index contributed by atoms with van der Waals surface area (Å²) in [5.74, 6) is -0.0175. The predicted octanol–water partition coefficient (Wildman–Crippen LogP) is 2.74. The van der Waals surface area contributed by atoms with E-state index < -0.39 is 6.04 Å². The topological polar surface area (TPSA) is 42.3 Å². The first kappa shape index (κ1) is 15.3. The minimum absolute atomic E-state index is 0.0175. The minimum atomic E-state index is -0.497. The lowest BCUT2D eigenvalue weighted by Crippen LogP contribution is -2.39. The molecule has 1 aromatic heterocycles. The monoisotopic (exact) mass is 286 g/mol. The first-order chi connectivity index (χ1) is 10.0. The Bertz CT molecular complexity index is 714. The molecule has 1 aromatic carbocycles. The van der Waals surface area contributed by atoms with Crippen molar-refractivity contribution in [1.82, 2.24) is 9.47 Å². The van der Waals surface area contributed by atoms with Crippen molar-refractivity contribution in [2.75, 3.05) is 13.1 Å². The number of nitrogens with zero attached hydrogens (tertiary/aromatic N) is 2. The molecule has 112 valence electrons. The highest BCUT2D eigenvalue weighted by atomic mass is 16.2. The molecule has 1 unspecified atom stereocenters. The highest BCUT2D eigenvalue weighted by Gasteiger charge is 2.22. The van der Waals surface area contributed by atoms with E-state index in [0.717, 1.165) is 16.5 Å². The summed E-state index contributed by atoms with van der Waals surface area (Å²) in [6, 6.07) is 8.83. The maximum atomic E-state index is 12.6. The standard InChI is InChI=1S/C17H22N2O2/c1-5-18(6-2)17(21)13(4)19-15-10-8-7-9-14(15)12(3)11-16(19)20/h7-11,13H,5-6H2,1-4H3. The highest BCUT2D eigenvalue weighted by molar-refractivity contribution is 5.86. The molecule has 4 nitrogen and oxygen atoms in total. The Morgan fingerprint density at radius 2 is 1.86 bits per heavy atom. The summed E-state index contributed by atoms with van der Waals surface area (Å²) < 4.78 is 1.60. The van der Waals surface area contributed by atoms with Gasteiger partial charge in [0.2, 0.25) is 5.91 Å². The summed E-state index contributed by atoms with van der Waals surface area (Å²) in [6.45, 7) is 8.92. The number of amides is 1. The van der Waals surface area contributed by atoms with Crippen molar-refractivity contribution in [3.8, 4) is 0 Å². The van der Waals surface area contributed by atoms with Gasteiger partial charge in [0.15, 0.2) is 0 Å². The predicted molar refractivity (Wildman–Crippen MR) is 85.6 cm³/mol. The second kappa shape index (κ2) is 6.12. The number of aryl methyl sites for hydroxylation is 1. The van der Waals surface area contributed by atoms with Crippen LogP contribution in [0.3, 0.4) is 0 Å². The van der Waals surface area contributed by atoms with E-state index in [4.69, 9.17) is 0 Å². The number of benzene rings is 1. The smallest absolute Gasteiger partial charge is 0.252 e. The molecule has 0 radical (unpaired) electrons. The number of aromatic nitrogens is 1. The van der Waals surface area contributed by atoms with Crippen molar-refractivity contribution in [1.29, 1.82) is 0 Å². The molecule has 0 saturated carbocycles. The molecule has 2 rings (SSSR count). The summed E-state index contributed by atoms with van der Waals surface area (Å²) in [6.07, 6.45) is 0. The molecule has 0 fully saturated rings. The van der Waals surface area contributed by atoms with Gasteiger partial charge in [-0.1, -0.05) is 18.2 Å². The fourth-order valence-electron chi connectivity index (χ4n) is 2.78. The number of hydrogen-bond donors (Lipinski definition) is 0. The van der Waals surface area contributed by atoms with Crippen LogP contribution in [0.15, 0.2) is 35.1 Å².